The molecule has 0 saturated heterocycles. The number of methoxy groups -OCH3 is 1. The number of hydrogen-bond donors (Lipinski definition) is 1. The number of halogens is 2. The van der Waals surface area contributed by atoms with Crippen molar-refractivity contribution in [3.63, 3.8) is 0 Å². The van der Waals surface area contributed by atoms with Crippen molar-refractivity contribution >= 4 is 5.91 Å². The van der Waals surface area contributed by atoms with Gasteiger partial charge in [-0.1, -0.05) is 32.0 Å². The first-order chi connectivity index (χ1) is 13.4. The van der Waals surface area contributed by atoms with E-state index in [-0.39, 0.29) is 24.0 Å². The fraction of sp³-hybridized carbons (Fsp3) is 0.381. The van der Waals surface area contributed by atoms with E-state index in [2.05, 4.69) is 23.9 Å². The van der Waals surface area contributed by atoms with Gasteiger partial charge in [-0.05, 0) is 47.7 Å². The van der Waals surface area contributed by atoms with Crippen molar-refractivity contribution in [2.24, 2.45) is 0 Å². The number of alkyl halides is 2. The molecule has 0 aliphatic heterocycles. The summed E-state index contributed by atoms with van der Waals surface area (Å²) in [6.07, 6.45) is 0.457. The second kappa shape index (κ2) is 10.5. The zero-order valence-corrected chi connectivity index (χ0v) is 16.2. The topological polar surface area (TPSA) is 56.8 Å². The van der Waals surface area contributed by atoms with Crippen molar-refractivity contribution in [3.8, 4) is 17.2 Å². The normalized spacial score (nSPS) is 10.8. The molecule has 1 N–H and O–H groups in total. The van der Waals surface area contributed by atoms with E-state index < -0.39 is 6.61 Å². The summed E-state index contributed by atoms with van der Waals surface area (Å²) in [7, 11) is 1.38. The van der Waals surface area contributed by atoms with Gasteiger partial charge in [0.05, 0.1) is 7.11 Å². The lowest BCUT2D eigenvalue weighted by atomic mass is 10.0. The van der Waals surface area contributed by atoms with E-state index in [0.717, 1.165) is 5.56 Å². The van der Waals surface area contributed by atoms with Gasteiger partial charge in [-0.2, -0.15) is 8.78 Å². The minimum absolute atomic E-state index is 0.0329. The van der Waals surface area contributed by atoms with Gasteiger partial charge in [-0.25, -0.2) is 0 Å². The minimum Gasteiger partial charge on any atom is -0.493 e. The first-order valence-electron chi connectivity index (χ1n) is 9.00. The average molecular weight is 393 g/mol. The van der Waals surface area contributed by atoms with E-state index in [0.29, 0.717) is 24.6 Å². The zero-order chi connectivity index (χ0) is 20.5. The monoisotopic (exact) mass is 393 g/mol. The first kappa shape index (κ1) is 21.5. The van der Waals surface area contributed by atoms with Gasteiger partial charge in [0.2, 0.25) is 0 Å². The van der Waals surface area contributed by atoms with Crippen LogP contribution >= 0.6 is 0 Å². The van der Waals surface area contributed by atoms with Crippen LogP contribution in [0.15, 0.2) is 42.5 Å². The Hall–Kier alpha value is -2.83. The Labute approximate surface area is 163 Å². The van der Waals surface area contributed by atoms with Crippen LogP contribution in [0.3, 0.4) is 0 Å². The number of rotatable bonds is 10. The van der Waals surface area contributed by atoms with Crippen molar-refractivity contribution in [1.82, 2.24) is 5.32 Å². The summed E-state index contributed by atoms with van der Waals surface area (Å²) in [5.41, 5.74) is 1.94. The molecule has 0 spiro atoms. The van der Waals surface area contributed by atoms with Gasteiger partial charge in [0.15, 0.2) is 18.1 Å². The van der Waals surface area contributed by atoms with Crippen molar-refractivity contribution in [2.75, 3.05) is 20.3 Å². The molecular formula is C21H25F2NO4. The molecule has 0 radical (unpaired) electrons. The van der Waals surface area contributed by atoms with Gasteiger partial charge < -0.3 is 19.5 Å². The molecule has 0 aromatic heterocycles. The highest BCUT2D eigenvalue weighted by molar-refractivity contribution is 5.77. The Bertz CT molecular complexity index is 764. The summed E-state index contributed by atoms with van der Waals surface area (Å²) in [6.45, 7) is 1.53. The van der Waals surface area contributed by atoms with Crippen LogP contribution in [-0.4, -0.2) is 32.8 Å². The number of carbonyl (C=O) groups excluding carboxylic acids is 1. The minimum atomic E-state index is -2.93. The van der Waals surface area contributed by atoms with Gasteiger partial charge in [0.1, 0.15) is 5.75 Å². The lowest BCUT2D eigenvalue weighted by Crippen LogP contribution is -2.30. The smallest absolute Gasteiger partial charge is 0.387 e. The van der Waals surface area contributed by atoms with E-state index >= 15 is 0 Å². The summed E-state index contributed by atoms with van der Waals surface area (Å²) in [5.74, 6) is 0.996. The summed E-state index contributed by atoms with van der Waals surface area (Å²) in [4.78, 5) is 11.9. The maximum Gasteiger partial charge on any atom is 0.387 e. The van der Waals surface area contributed by atoms with Crippen LogP contribution in [0.4, 0.5) is 8.78 Å². The third kappa shape index (κ3) is 6.72. The molecule has 7 heteroatoms. The van der Waals surface area contributed by atoms with Crippen LogP contribution in [0.5, 0.6) is 17.2 Å². The van der Waals surface area contributed by atoms with Crippen LogP contribution in [0.1, 0.15) is 30.9 Å². The van der Waals surface area contributed by atoms with Crippen LogP contribution in [0.2, 0.25) is 0 Å². The molecule has 2 aromatic rings. The predicted molar refractivity (Wildman–Crippen MR) is 102 cm³/mol. The van der Waals surface area contributed by atoms with E-state index in [1.807, 2.05) is 24.3 Å². The second-order valence-electron chi connectivity index (χ2n) is 6.48. The third-order valence-electron chi connectivity index (χ3n) is 4.10. The van der Waals surface area contributed by atoms with Crippen LogP contribution in [0, 0.1) is 0 Å². The predicted octanol–water partition coefficient (Wildman–Crippen LogP) is 4.16. The molecule has 0 fully saturated rings. The SMILES string of the molecule is COc1ccc(CCNC(=O)COc2ccc(C(C)C)cc2)cc1OC(F)F. The highest BCUT2D eigenvalue weighted by atomic mass is 19.3. The summed E-state index contributed by atoms with van der Waals surface area (Å²) in [6, 6.07) is 12.4. The average Bonchev–Trinajstić information content (AvgIpc) is 2.66. The molecule has 0 bridgehead atoms. The van der Waals surface area contributed by atoms with Crippen molar-refractivity contribution in [2.45, 2.75) is 32.8 Å². The number of carbonyl (C=O) groups is 1. The molecule has 0 aliphatic rings. The molecule has 0 saturated carbocycles. The van der Waals surface area contributed by atoms with Crippen molar-refractivity contribution in [3.05, 3.63) is 53.6 Å². The van der Waals surface area contributed by atoms with Gasteiger partial charge in [0.25, 0.3) is 5.91 Å². The number of amides is 1. The first-order valence-corrected chi connectivity index (χ1v) is 9.00. The maximum atomic E-state index is 12.5. The van der Waals surface area contributed by atoms with E-state index in [9.17, 15) is 13.6 Å². The highest BCUT2D eigenvalue weighted by Gasteiger charge is 2.11. The van der Waals surface area contributed by atoms with Crippen LogP contribution < -0.4 is 19.5 Å². The Balaban J connectivity index is 1.78. The van der Waals surface area contributed by atoms with Gasteiger partial charge in [-0.3, -0.25) is 4.79 Å². The van der Waals surface area contributed by atoms with Gasteiger partial charge in [0, 0.05) is 6.54 Å². The second-order valence-corrected chi connectivity index (χ2v) is 6.48. The van der Waals surface area contributed by atoms with Crippen LogP contribution in [-0.2, 0) is 11.2 Å². The van der Waals surface area contributed by atoms with Gasteiger partial charge >= 0.3 is 6.61 Å². The summed E-state index contributed by atoms with van der Waals surface area (Å²) in [5, 5.41) is 2.74. The van der Waals surface area contributed by atoms with E-state index in [1.165, 1.54) is 18.7 Å². The molecular weight excluding hydrogens is 368 g/mol. The lowest BCUT2D eigenvalue weighted by Gasteiger charge is -2.12. The van der Waals surface area contributed by atoms with Crippen molar-refractivity contribution in [1.29, 1.82) is 0 Å². The molecule has 152 valence electrons. The number of ether oxygens (including phenoxy) is 3. The Morgan fingerprint density at radius 2 is 1.79 bits per heavy atom. The molecule has 2 rings (SSSR count). The van der Waals surface area contributed by atoms with Crippen molar-refractivity contribution < 1.29 is 27.8 Å². The molecule has 2 aromatic carbocycles. The fourth-order valence-corrected chi connectivity index (χ4v) is 2.56. The molecule has 0 heterocycles. The Morgan fingerprint density at radius 1 is 1.07 bits per heavy atom. The molecule has 0 atom stereocenters. The lowest BCUT2D eigenvalue weighted by molar-refractivity contribution is -0.123. The number of benzene rings is 2. The highest BCUT2D eigenvalue weighted by Crippen LogP contribution is 2.29. The standard InChI is InChI=1S/C21H25F2NO4/c1-14(2)16-5-7-17(8-6-16)27-13-20(25)24-11-10-15-4-9-18(26-3)19(12-15)28-21(22)23/h4-9,12,14,21H,10-11,13H2,1-3H3,(H,24,25). The Kier molecular flexibility index (Phi) is 8.04. The molecule has 0 unspecified atom stereocenters. The Morgan fingerprint density at radius 3 is 2.39 bits per heavy atom. The largest absolute Gasteiger partial charge is 0.493 e. The molecule has 1 amide bonds. The molecule has 5 nitrogen and oxygen atoms in total. The fourth-order valence-electron chi connectivity index (χ4n) is 2.56. The van der Waals surface area contributed by atoms with Crippen LogP contribution in [0.25, 0.3) is 0 Å². The quantitative estimate of drug-likeness (QED) is 0.659. The maximum absolute atomic E-state index is 12.5. The third-order valence-corrected chi connectivity index (χ3v) is 4.10. The van der Waals surface area contributed by atoms with Gasteiger partial charge in [-0.15, -0.1) is 0 Å². The summed E-state index contributed by atoms with van der Waals surface area (Å²) >= 11 is 0. The number of nitrogens with one attached hydrogen (secondary N) is 1. The summed E-state index contributed by atoms with van der Waals surface area (Å²) < 4.78 is 39.8. The molecule has 28 heavy (non-hydrogen) atoms. The molecule has 0 aliphatic carbocycles. The van der Waals surface area contributed by atoms with E-state index in [1.54, 1.807) is 12.1 Å². The number of hydrogen-bond acceptors (Lipinski definition) is 4. The van der Waals surface area contributed by atoms with E-state index in [4.69, 9.17) is 9.47 Å². The zero-order valence-electron chi connectivity index (χ0n) is 16.2.